The average Bonchev–Trinajstić information content (AvgIpc) is 2.68. The molecule has 1 aromatic carbocycles. The molecular weight excluding hydrogens is 236 g/mol. The van der Waals surface area contributed by atoms with Crippen molar-refractivity contribution in [3.63, 3.8) is 0 Å². The van der Waals surface area contributed by atoms with Crippen LogP contribution in [0.3, 0.4) is 0 Å². The zero-order valence-electron chi connectivity index (χ0n) is 12.0. The van der Waals surface area contributed by atoms with Gasteiger partial charge in [-0.3, -0.25) is 4.79 Å². The van der Waals surface area contributed by atoms with E-state index in [1.165, 1.54) is 22.3 Å². The molecule has 1 aromatic heterocycles. The maximum absolute atomic E-state index is 11.0. The summed E-state index contributed by atoms with van der Waals surface area (Å²) in [5.74, 6) is 0. The van der Waals surface area contributed by atoms with E-state index in [1.807, 2.05) is 7.05 Å². The molecule has 0 atom stereocenters. The zero-order valence-corrected chi connectivity index (χ0v) is 12.0. The molecule has 3 heteroatoms. The minimum absolute atomic E-state index is 0.683. The number of nitrogens with zero attached hydrogens (tertiary/aromatic N) is 2. The number of benzene rings is 1. The van der Waals surface area contributed by atoms with Gasteiger partial charge >= 0.3 is 0 Å². The Morgan fingerprint density at radius 2 is 1.79 bits per heavy atom. The molecule has 0 unspecified atom stereocenters. The lowest BCUT2D eigenvalue weighted by Crippen LogP contribution is -2.02. The Kier molecular flexibility index (Phi) is 3.84. The maximum atomic E-state index is 11.0. The van der Waals surface area contributed by atoms with Crippen LogP contribution in [-0.2, 0) is 19.9 Å². The number of imidazole rings is 1. The molecule has 2 aromatic rings. The zero-order chi connectivity index (χ0) is 14.0. The molecule has 1 heterocycles. The molecule has 100 valence electrons. The molecule has 0 radical (unpaired) electrons. The Balaban J connectivity index is 2.21. The second kappa shape index (κ2) is 5.39. The summed E-state index contributed by atoms with van der Waals surface area (Å²) in [5.41, 5.74) is 6.87. The fourth-order valence-electron chi connectivity index (χ4n) is 2.68. The van der Waals surface area contributed by atoms with Gasteiger partial charge in [-0.25, -0.2) is 4.98 Å². The number of carbonyl (C=O) groups excluding carboxylic acids is 1. The first-order valence-corrected chi connectivity index (χ1v) is 6.55. The Bertz CT molecular complexity index is 588. The Morgan fingerprint density at radius 1 is 1.16 bits per heavy atom. The van der Waals surface area contributed by atoms with Crippen LogP contribution < -0.4 is 0 Å². The third-order valence-corrected chi connectivity index (χ3v) is 3.63. The first-order valence-electron chi connectivity index (χ1n) is 6.55. The summed E-state index contributed by atoms with van der Waals surface area (Å²) in [5, 5.41) is 0. The molecule has 19 heavy (non-hydrogen) atoms. The van der Waals surface area contributed by atoms with Crippen LogP contribution in [0.15, 0.2) is 18.5 Å². The van der Waals surface area contributed by atoms with E-state index in [1.54, 1.807) is 10.9 Å². The van der Waals surface area contributed by atoms with Crippen molar-refractivity contribution >= 4 is 6.29 Å². The minimum atomic E-state index is 0.683. The van der Waals surface area contributed by atoms with Gasteiger partial charge in [0.25, 0.3) is 0 Å². The number of rotatable bonds is 4. The summed E-state index contributed by atoms with van der Waals surface area (Å²) in [6.07, 6.45) is 4.32. The van der Waals surface area contributed by atoms with Crippen molar-refractivity contribution in [3.05, 3.63) is 52.1 Å². The molecule has 3 nitrogen and oxygen atoms in total. The van der Waals surface area contributed by atoms with Gasteiger partial charge in [-0.2, -0.15) is 0 Å². The highest BCUT2D eigenvalue weighted by atomic mass is 16.1. The highest BCUT2D eigenvalue weighted by Crippen LogP contribution is 2.19. The lowest BCUT2D eigenvalue weighted by molar-refractivity contribution is 0.111. The summed E-state index contributed by atoms with van der Waals surface area (Å²) in [6, 6.07) is 4.42. The molecule has 0 aliphatic heterocycles. The van der Waals surface area contributed by atoms with Crippen molar-refractivity contribution in [3.8, 4) is 0 Å². The van der Waals surface area contributed by atoms with Crippen LogP contribution in [0.5, 0.6) is 0 Å². The Labute approximate surface area is 114 Å². The van der Waals surface area contributed by atoms with E-state index in [0.29, 0.717) is 5.69 Å². The van der Waals surface area contributed by atoms with E-state index < -0.39 is 0 Å². The fraction of sp³-hybridized carbons (Fsp3) is 0.375. The SMILES string of the molecule is Cc1cc(C)c(CCc2ncn(C)c2C=O)c(C)c1. The summed E-state index contributed by atoms with van der Waals surface area (Å²) >= 11 is 0. The van der Waals surface area contributed by atoms with Gasteiger partial charge in [-0.05, 0) is 50.3 Å². The predicted octanol–water partition coefficient (Wildman–Crippen LogP) is 2.94. The van der Waals surface area contributed by atoms with Crippen LogP contribution >= 0.6 is 0 Å². The predicted molar refractivity (Wildman–Crippen MR) is 76.7 cm³/mol. The van der Waals surface area contributed by atoms with E-state index in [-0.39, 0.29) is 0 Å². The molecule has 0 amide bonds. The monoisotopic (exact) mass is 256 g/mol. The topological polar surface area (TPSA) is 34.9 Å². The first-order chi connectivity index (χ1) is 9.02. The standard InChI is InChI=1S/C16H20N2O/c1-11-7-12(2)14(13(3)8-11)5-6-15-16(9-19)18(4)10-17-15/h7-10H,5-6H2,1-4H3. The number of aldehydes is 1. The van der Waals surface area contributed by atoms with Gasteiger partial charge in [-0.1, -0.05) is 17.7 Å². The van der Waals surface area contributed by atoms with E-state index in [4.69, 9.17) is 0 Å². The first kappa shape index (κ1) is 13.5. The maximum Gasteiger partial charge on any atom is 0.168 e. The van der Waals surface area contributed by atoms with Gasteiger partial charge in [0, 0.05) is 7.05 Å². The molecule has 0 N–H and O–H groups in total. The van der Waals surface area contributed by atoms with Crippen LogP contribution in [0.4, 0.5) is 0 Å². The molecule has 0 fully saturated rings. The highest BCUT2D eigenvalue weighted by molar-refractivity contribution is 5.73. The second-order valence-electron chi connectivity index (χ2n) is 5.18. The largest absolute Gasteiger partial charge is 0.331 e. The van der Waals surface area contributed by atoms with Crippen molar-refractivity contribution in [2.75, 3.05) is 0 Å². The van der Waals surface area contributed by atoms with Gasteiger partial charge in [0.15, 0.2) is 6.29 Å². The smallest absolute Gasteiger partial charge is 0.168 e. The number of hydrogen-bond acceptors (Lipinski definition) is 2. The molecule has 0 saturated carbocycles. The third-order valence-electron chi connectivity index (χ3n) is 3.63. The van der Waals surface area contributed by atoms with Gasteiger partial charge in [0.05, 0.1) is 12.0 Å². The van der Waals surface area contributed by atoms with Gasteiger partial charge < -0.3 is 4.57 Å². The van der Waals surface area contributed by atoms with Crippen molar-refractivity contribution in [2.45, 2.75) is 33.6 Å². The van der Waals surface area contributed by atoms with E-state index >= 15 is 0 Å². The Hall–Kier alpha value is -1.90. The Morgan fingerprint density at radius 3 is 2.37 bits per heavy atom. The normalized spacial score (nSPS) is 10.7. The molecule has 0 spiro atoms. The van der Waals surface area contributed by atoms with Gasteiger partial charge in [0.2, 0.25) is 0 Å². The number of aromatic nitrogens is 2. The highest BCUT2D eigenvalue weighted by Gasteiger charge is 2.10. The van der Waals surface area contributed by atoms with Crippen molar-refractivity contribution < 1.29 is 4.79 Å². The third kappa shape index (κ3) is 2.75. The van der Waals surface area contributed by atoms with Crippen LogP contribution in [0, 0.1) is 20.8 Å². The van der Waals surface area contributed by atoms with Crippen molar-refractivity contribution in [2.24, 2.45) is 7.05 Å². The van der Waals surface area contributed by atoms with Crippen LogP contribution in [0.25, 0.3) is 0 Å². The van der Waals surface area contributed by atoms with Gasteiger partial charge in [0.1, 0.15) is 5.69 Å². The molecule has 0 aliphatic carbocycles. The summed E-state index contributed by atoms with van der Waals surface area (Å²) in [4.78, 5) is 15.3. The fourth-order valence-corrected chi connectivity index (χ4v) is 2.68. The van der Waals surface area contributed by atoms with Crippen LogP contribution in [-0.4, -0.2) is 15.8 Å². The van der Waals surface area contributed by atoms with Crippen molar-refractivity contribution in [1.82, 2.24) is 9.55 Å². The second-order valence-corrected chi connectivity index (χ2v) is 5.18. The lowest BCUT2D eigenvalue weighted by atomic mass is 9.95. The van der Waals surface area contributed by atoms with Crippen LogP contribution in [0.1, 0.15) is 38.4 Å². The molecule has 0 bridgehead atoms. The minimum Gasteiger partial charge on any atom is -0.331 e. The number of hydrogen-bond donors (Lipinski definition) is 0. The van der Waals surface area contributed by atoms with Crippen molar-refractivity contribution in [1.29, 1.82) is 0 Å². The molecule has 0 aliphatic rings. The van der Waals surface area contributed by atoms with E-state index in [9.17, 15) is 4.79 Å². The summed E-state index contributed by atoms with van der Waals surface area (Å²) in [7, 11) is 1.85. The van der Waals surface area contributed by atoms with E-state index in [2.05, 4.69) is 37.9 Å². The van der Waals surface area contributed by atoms with E-state index in [0.717, 1.165) is 24.8 Å². The van der Waals surface area contributed by atoms with Crippen LogP contribution in [0.2, 0.25) is 0 Å². The summed E-state index contributed by atoms with van der Waals surface area (Å²) in [6.45, 7) is 6.41. The molecule has 0 saturated heterocycles. The average molecular weight is 256 g/mol. The molecule has 2 rings (SSSR count). The van der Waals surface area contributed by atoms with Gasteiger partial charge in [-0.15, -0.1) is 0 Å². The number of aryl methyl sites for hydroxylation is 5. The lowest BCUT2D eigenvalue weighted by Gasteiger charge is -2.10. The molecular formula is C16H20N2O. The number of carbonyl (C=O) groups is 1. The quantitative estimate of drug-likeness (QED) is 0.788. The summed E-state index contributed by atoms with van der Waals surface area (Å²) < 4.78 is 1.77.